The summed E-state index contributed by atoms with van der Waals surface area (Å²) in [6, 6.07) is 0. The van der Waals surface area contributed by atoms with Crippen LogP contribution in [0.25, 0.3) is 0 Å². The van der Waals surface area contributed by atoms with E-state index in [2.05, 4.69) is 22.9 Å². The third-order valence-electron chi connectivity index (χ3n) is 1.09. The fourth-order valence-corrected chi connectivity index (χ4v) is 2.07. The van der Waals surface area contributed by atoms with Crippen molar-refractivity contribution in [1.82, 2.24) is 0 Å². The molecule has 0 N–H and O–H groups in total. The van der Waals surface area contributed by atoms with E-state index in [0.717, 1.165) is 0 Å². The second-order valence-electron chi connectivity index (χ2n) is 1.57. The molecule has 0 aromatic heterocycles. The third kappa shape index (κ3) is 4.98. The molecule has 0 atom stereocenters. The molecule has 0 saturated heterocycles. The van der Waals surface area contributed by atoms with E-state index in [9.17, 15) is 0 Å². The van der Waals surface area contributed by atoms with Crippen LogP contribution in [-0.2, 0) is 23.2 Å². The maximum Gasteiger partial charge on any atom is -1.00 e. The minimum atomic E-state index is -0.0408. The van der Waals surface area contributed by atoms with Crippen molar-refractivity contribution in [3.05, 3.63) is 21.5 Å². The van der Waals surface area contributed by atoms with Crippen LogP contribution in [0.15, 0.2) is 21.5 Å². The monoisotopic (exact) mass is 227 g/mol. The smallest absolute Gasteiger partial charge is 1.00 e. The van der Waals surface area contributed by atoms with Gasteiger partial charge in [0.2, 0.25) is 0 Å². The van der Waals surface area contributed by atoms with Crippen molar-refractivity contribution in [1.29, 1.82) is 0 Å². The Kier molecular flexibility index (Phi) is 15.2. The Bertz CT molecular complexity index is 120. The molecule has 0 heterocycles. The van der Waals surface area contributed by atoms with Gasteiger partial charge in [-0.25, -0.2) is 0 Å². The molecular formula is C6H8F3Zr. The predicted molar refractivity (Wildman–Crippen MR) is 27.7 cm³/mol. The summed E-state index contributed by atoms with van der Waals surface area (Å²) >= 11 is -0.0408. The molecule has 1 rings (SSSR count). The summed E-state index contributed by atoms with van der Waals surface area (Å²) in [5, 5.41) is 0. The maximum atomic E-state index is 2.36. The van der Waals surface area contributed by atoms with Crippen molar-refractivity contribution in [3.8, 4) is 0 Å². The van der Waals surface area contributed by atoms with Gasteiger partial charge in [0.25, 0.3) is 0 Å². The normalized spacial score (nSPS) is 11.5. The van der Waals surface area contributed by atoms with Gasteiger partial charge in [-0.3, -0.25) is 0 Å². The van der Waals surface area contributed by atoms with Crippen LogP contribution in [0.4, 0.5) is 0 Å². The van der Waals surface area contributed by atoms with Crippen LogP contribution in [0.5, 0.6) is 0 Å². The van der Waals surface area contributed by atoms with Crippen molar-refractivity contribution >= 4 is 0 Å². The van der Waals surface area contributed by atoms with Gasteiger partial charge in [0.1, 0.15) is 0 Å². The van der Waals surface area contributed by atoms with Crippen LogP contribution < -0.4 is 14.1 Å². The Morgan fingerprint density at radius 1 is 1.30 bits per heavy atom. The van der Waals surface area contributed by atoms with E-state index in [-0.39, 0.29) is 37.3 Å². The molecule has 1 aliphatic carbocycles. The molecule has 0 spiro atoms. The largest absolute Gasteiger partial charge is 1.00 e. The van der Waals surface area contributed by atoms with Crippen molar-refractivity contribution in [2.45, 2.75) is 11.1 Å². The van der Waals surface area contributed by atoms with Gasteiger partial charge in [-0.1, -0.05) is 0 Å². The summed E-state index contributed by atoms with van der Waals surface area (Å²) in [5.74, 6) is 0. The summed E-state index contributed by atoms with van der Waals surface area (Å²) in [5.41, 5.74) is 0. The second-order valence-corrected chi connectivity index (χ2v) is 4.38. The molecule has 0 aliphatic heterocycles. The molecule has 0 radical (unpaired) electrons. The summed E-state index contributed by atoms with van der Waals surface area (Å²) in [6.07, 6.45) is 7.94. The minimum absolute atomic E-state index is 0. The Hall–Kier alpha value is 0.153. The molecule has 0 aromatic carbocycles. The maximum absolute atomic E-state index is 2.36. The summed E-state index contributed by atoms with van der Waals surface area (Å²) < 4.78 is 4.09. The molecule has 0 bridgehead atoms. The molecule has 57 valence electrons. The molecule has 1 aliphatic rings. The third-order valence-corrected chi connectivity index (χ3v) is 3.58. The summed E-state index contributed by atoms with van der Waals surface area (Å²) in [6.45, 7) is 0. The van der Waals surface area contributed by atoms with Crippen molar-refractivity contribution in [3.63, 3.8) is 0 Å². The topological polar surface area (TPSA) is 0 Å². The molecule has 0 aromatic rings. The second kappa shape index (κ2) is 9.15. The molecule has 10 heavy (non-hydrogen) atoms. The van der Waals surface area contributed by atoms with E-state index in [1.165, 1.54) is 6.42 Å². The van der Waals surface area contributed by atoms with Crippen LogP contribution in [0.1, 0.15) is 6.42 Å². The zero-order valence-corrected chi connectivity index (χ0v) is 8.03. The SMILES string of the molecule is [CH3][Zr+3][C]1=CC=CC1.[F-].[F-].[F-]. The first kappa shape index (κ1) is 16.6. The van der Waals surface area contributed by atoms with Crippen LogP contribution in [0, 0.1) is 0 Å². The van der Waals surface area contributed by atoms with E-state index in [1.807, 2.05) is 0 Å². The van der Waals surface area contributed by atoms with Crippen molar-refractivity contribution in [2.24, 2.45) is 0 Å². The molecule has 0 unspecified atom stereocenters. The first-order chi connectivity index (χ1) is 3.43. The number of allylic oxidation sites excluding steroid dienone is 4. The van der Waals surface area contributed by atoms with Gasteiger partial charge in [0.15, 0.2) is 0 Å². The van der Waals surface area contributed by atoms with Crippen molar-refractivity contribution < 1.29 is 37.3 Å². The molecule has 0 fully saturated rings. The van der Waals surface area contributed by atoms with Crippen molar-refractivity contribution in [2.75, 3.05) is 0 Å². The van der Waals surface area contributed by atoms with Crippen LogP contribution in [0.2, 0.25) is 4.63 Å². The van der Waals surface area contributed by atoms with Crippen LogP contribution in [-0.4, -0.2) is 0 Å². The molecule has 4 heteroatoms. The number of hydrogen-bond donors (Lipinski definition) is 0. The first-order valence-electron chi connectivity index (χ1n) is 2.47. The van der Waals surface area contributed by atoms with Gasteiger partial charge in [0.05, 0.1) is 0 Å². The van der Waals surface area contributed by atoms with Gasteiger partial charge in [0, 0.05) is 0 Å². The van der Waals surface area contributed by atoms with Gasteiger partial charge in [-0.05, 0) is 0 Å². The average molecular weight is 228 g/mol. The predicted octanol–water partition coefficient (Wildman–Crippen LogP) is -7.03. The standard InChI is InChI=1S/C5H5.CH3.3FH.Zr/c1-2-4-5-3-1;;;;;/h1-3H,4H2;1H3;3*1H;/q;;;;;+3/p-3. The minimum Gasteiger partial charge on any atom is -1.00 e. The Morgan fingerprint density at radius 2 is 1.90 bits per heavy atom. The first-order valence-corrected chi connectivity index (χ1v) is 6.15. The number of hydrogen-bond acceptors (Lipinski definition) is 0. The van der Waals surface area contributed by atoms with E-state index in [4.69, 9.17) is 0 Å². The van der Waals surface area contributed by atoms with Gasteiger partial charge >= 0.3 is 55.8 Å². The number of halogens is 3. The average Bonchev–Trinajstić information content (AvgIpc) is 2.14. The van der Waals surface area contributed by atoms with Gasteiger partial charge in [-0.2, -0.15) is 0 Å². The summed E-state index contributed by atoms with van der Waals surface area (Å²) in [4.78, 5) is 0. The van der Waals surface area contributed by atoms with E-state index >= 15 is 0 Å². The fourth-order valence-electron chi connectivity index (χ4n) is 0.633. The van der Waals surface area contributed by atoms with Crippen LogP contribution >= 0.6 is 0 Å². The van der Waals surface area contributed by atoms with Gasteiger partial charge in [-0.15, -0.1) is 0 Å². The molecular weight excluding hydrogens is 220 g/mol. The quantitative estimate of drug-likeness (QED) is 0.418. The van der Waals surface area contributed by atoms with E-state index in [0.29, 0.717) is 0 Å². The molecule has 0 saturated carbocycles. The Labute approximate surface area is 70.1 Å². The van der Waals surface area contributed by atoms with Gasteiger partial charge < -0.3 is 14.1 Å². The molecule has 0 nitrogen and oxygen atoms in total. The zero-order valence-electron chi connectivity index (χ0n) is 5.57. The number of rotatable bonds is 1. The van der Waals surface area contributed by atoms with Crippen LogP contribution in [0.3, 0.4) is 0 Å². The Morgan fingerprint density at radius 3 is 2.10 bits per heavy atom. The van der Waals surface area contributed by atoms with E-state index < -0.39 is 0 Å². The molecule has 0 amide bonds. The summed E-state index contributed by atoms with van der Waals surface area (Å²) in [7, 11) is 0. The fraction of sp³-hybridized carbons (Fsp3) is 0.333. The Balaban J connectivity index is -0.000000163. The van der Waals surface area contributed by atoms with E-state index in [1.54, 1.807) is 3.28 Å². The zero-order chi connectivity index (χ0) is 5.11.